The standard InChI is InChI=1S/C19H29NO3/c1-3-4-8-19(21)23-18-11-9-17(10-12-18)22-15-13-16-7-5-6-14-20(16)2/h9-12,16H,3-8,13-15H2,1-2H3. The summed E-state index contributed by atoms with van der Waals surface area (Å²) < 4.78 is 11.1. The zero-order valence-corrected chi connectivity index (χ0v) is 14.4. The summed E-state index contributed by atoms with van der Waals surface area (Å²) in [5, 5.41) is 0. The lowest BCUT2D eigenvalue weighted by Crippen LogP contribution is -2.37. The highest BCUT2D eigenvalue weighted by molar-refractivity contribution is 5.72. The smallest absolute Gasteiger partial charge is 0.311 e. The van der Waals surface area contributed by atoms with Crippen molar-refractivity contribution in [1.29, 1.82) is 0 Å². The van der Waals surface area contributed by atoms with Crippen molar-refractivity contribution in [3.63, 3.8) is 0 Å². The minimum Gasteiger partial charge on any atom is -0.494 e. The highest BCUT2D eigenvalue weighted by Crippen LogP contribution is 2.21. The van der Waals surface area contributed by atoms with Crippen molar-refractivity contribution in [2.24, 2.45) is 0 Å². The van der Waals surface area contributed by atoms with Crippen molar-refractivity contribution in [2.75, 3.05) is 20.2 Å². The van der Waals surface area contributed by atoms with Gasteiger partial charge < -0.3 is 14.4 Å². The number of unbranched alkanes of at least 4 members (excludes halogenated alkanes) is 1. The number of hydrogen-bond acceptors (Lipinski definition) is 4. The van der Waals surface area contributed by atoms with Crippen LogP contribution in [0.1, 0.15) is 51.9 Å². The first-order valence-electron chi connectivity index (χ1n) is 8.83. The lowest BCUT2D eigenvalue weighted by molar-refractivity contribution is -0.134. The number of benzene rings is 1. The molecule has 0 saturated carbocycles. The molecule has 1 aromatic rings. The lowest BCUT2D eigenvalue weighted by atomic mass is 10.0. The van der Waals surface area contributed by atoms with Crippen molar-refractivity contribution in [3.05, 3.63) is 24.3 Å². The van der Waals surface area contributed by atoms with Crippen LogP contribution < -0.4 is 9.47 Å². The zero-order valence-electron chi connectivity index (χ0n) is 14.4. The van der Waals surface area contributed by atoms with Crippen molar-refractivity contribution < 1.29 is 14.3 Å². The molecule has 1 aromatic carbocycles. The van der Waals surface area contributed by atoms with Gasteiger partial charge in [0.1, 0.15) is 11.5 Å². The van der Waals surface area contributed by atoms with Crippen LogP contribution in [0.5, 0.6) is 11.5 Å². The van der Waals surface area contributed by atoms with E-state index in [0.717, 1.165) is 31.6 Å². The molecule has 0 radical (unpaired) electrons. The summed E-state index contributed by atoms with van der Waals surface area (Å²) in [5.74, 6) is 1.25. The van der Waals surface area contributed by atoms with Gasteiger partial charge in [0.15, 0.2) is 0 Å². The van der Waals surface area contributed by atoms with E-state index in [-0.39, 0.29) is 5.97 Å². The van der Waals surface area contributed by atoms with Crippen LogP contribution >= 0.6 is 0 Å². The first-order valence-corrected chi connectivity index (χ1v) is 8.83. The largest absolute Gasteiger partial charge is 0.494 e. The Bertz CT molecular complexity index is 472. The fraction of sp³-hybridized carbons (Fsp3) is 0.632. The van der Waals surface area contributed by atoms with Crippen LogP contribution in [-0.2, 0) is 4.79 Å². The molecule has 4 nitrogen and oxygen atoms in total. The van der Waals surface area contributed by atoms with Crippen LogP contribution in [0.2, 0.25) is 0 Å². The van der Waals surface area contributed by atoms with E-state index in [2.05, 4.69) is 18.9 Å². The molecule has 1 saturated heterocycles. The van der Waals surface area contributed by atoms with Crippen LogP contribution in [0, 0.1) is 0 Å². The van der Waals surface area contributed by atoms with Crippen molar-refractivity contribution in [2.45, 2.75) is 57.9 Å². The van der Waals surface area contributed by atoms with Gasteiger partial charge in [0.05, 0.1) is 6.61 Å². The molecule has 0 N–H and O–H groups in total. The van der Waals surface area contributed by atoms with E-state index in [1.807, 2.05) is 12.1 Å². The number of nitrogens with zero attached hydrogens (tertiary/aromatic N) is 1. The number of piperidine rings is 1. The Kier molecular flexibility index (Phi) is 7.40. The summed E-state index contributed by atoms with van der Waals surface area (Å²) in [4.78, 5) is 14.0. The van der Waals surface area contributed by atoms with Crippen LogP contribution in [0.15, 0.2) is 24.3 Å². The Hall–Kier alpha value is -1.55. The Balaban J connectivity index is 1.71. The number of carbonyl (C=O) groups excluding carboxylic acids is 1. The van der Waals surface area contributed by atoms with Gasteiger partial charge >= 0.3 is 5.97 Å². The number of rotatable bonds is 8. The molecule has 4 heteroatoms. The molecular weight excluding hydrogens is 290 g/mol. The molecule has 0 aromatic heterocycles. The average Bonchev–Trinajstić information content (AvgIpc) is 2.56. The van der Waals surface area contributed by atoms with E-state index in [1.165, 1.54) is 25.8 Å². The van der Waals surface area contributed by atoms with Gasteiger partial charge in [-0.2, -0.15) is 0 Å². The average molecular weight is 319 g/mol. The van der Waals surface area contributed by atoms with Gasteiger partial charge in [-0.3, -0.25) is 4.79 Å². The molecule has 1 unspecified atom stereocenters. The van der Waals surface area contributed by atoms with Crippen LogP contribution in [0.3, 0.4) is 0 Å². The van der Waals surface area contributed by atoms with Crippen molar-refractivity contribution >= 4 is 5.97 Å². The SMILES string of the molecule is CCCCC(=O)Oc1ccc(OCCC2CCCCN2C)cc1. The molecule has 2 rings (SSSR count). The van der Waals surface area contributed by atoms with E-state index in [9.17, 15) is 4.79 Å². The highest BCUT2D eigenvalue weighted by atomic mass is 16.5. The molecule has 0 bridgehead atoms. The maximum absolute atomic E-state index is 11.6. The minimum atomic E-state index is -0.166. The van der Waals surface area contributed by atoms with E-state index in [0.29, 0.717) is 18.2 Å². The van der Waals surface area contributed by atoms with Gasteiger partial charge in [-0.05, 0) is 63.5 Å². The van der Waals surface area contributed by atoms with Crippen LogP contribution in [0.25, 0.3) is 0 Å². The molecular formula is C19H29NO3. The Morgan fingerprint density at radius 1 is 1.22 bits per heavy atom. The van der Waals surface area contributed by atoms with Gasteiger partial charge in [-0.15, -0.1) is 0 Å². The molecule has 0 aliphatic carbocycles. The summed E-state index contributed by atoms with van der Waals surface area (Å²) >= 11 is 0. The fourth-order valence-electron chi connectivity index (χ4n) is 2.93. The maximum atomic E-state index is 11.6. The summed E-state index contributed by atoms with van der Waals surface area (Å²) in [7, 11) is 2.20. The zero-order chi connectivity index (χ0) is 16.5. The molecule has 1 heterocycles. The van der Waals surface area contributed by atoms with Gasteiger partial charge in [0.25, 0.3) is 0 Å². The molecule has 1 atom stereocenters. The second kappa shape index (κ2) is 9.56. The van der Waals surface area contributed by atoms with Gasteiger partial charge in [0, 0.05) is 12.5 Å². The van der Waals surface area contributed by atoms with Crippen LogP contribution in [0.4, 0.5) is 0 Å². The molecule has 23 heavy (non-hydrogen) atoms. The number of esters is 1. The summed E-state index contributed by atoms with van der Waals surface area (Å²) in [6.07, 6.45) is 7.31. The van der Waals surface area contributed by atoms with E-state index < -0.39 is 0 Å². The number of likely N-dealkylation sites (tertiary alicyclic amines) is 1. The molecule has 0 spiro atoms. The predicted octanol–water partition coefficient (Wildman–Crippen LogP) is 4.04. The summed E-state index contributed by atoms with van der Waals surface area (Å²) in [5.41, 5.74) is 0. The number of ether oxygens (including phenoxy) is 2. The Labute approximate surface area is 139 Å². The molecule has 1 aliphatic heterocycles. The highest BCUT2D eigenvalue weighted by Gasteiger charge is 2.18. The van der Waals surface area contributed by atoms with Gasteiger partial charge in [-0.1, -0.05) is 19.8 Å². The summed E-state index contributed by atoms with van der Waals surface area (Å²) in [6, 6.07) is 7.97. The monoisotopic (exact) mass is 319 g/mol. The third-order valence-corrected chi connectivity index (χ3v) is 4.43. The van der Waals surface area contributed by atoms with Gasteiger partial charge in [0.2, 0.25) is 0 Å². The van der Waals surface area contributed by atoms with Crippen molar-refractivity contribution in [1.82, 2.24) is 4.90 Å². The fourth-order valence-corrected chi connectivity index (χ4v) is 2.93. The topological polar surface area (TPSA) is 38.8 Å². The maximum Gasteiger partial charge on any atom is 0.311 e. The third kappa shape index (κ3) is 6.22. The number of hydrogen-bond donors (Lipinski definition) is 0. The van der Waals surface area contributed by atoms with Crippen LogP contribution in [-0.4, -0.2) is 37.1 Å². The van der Waals surface area contributed by atoms with E-state index in [4.69, 9.17) is 9.47 Å². The molecule has 1 fully saturated rings. The Morgan fingerprint density at radius 3 is 2.65 bits per heavy atom. The predicted molar refractivity (Wildman–Crippen MR) is 92.0 cm³/mol. The second-order valence-electron chi connectivity index (χ2n) is 6.32. The van der Waals surface area contributed by atoms with Crippen molar-refractivity contribution in [3.8, 4) is 11.5 Å². The number of carbonyl (C=O) groups is 1. The first kappa shape index (κ1) is 17.8. The first-order chi connectivity index (χ1) is 11.2. The Morgan fingerprint density at radius 2 is 1.96 bits per heavy atom. The summed E-state index contributed by atoms with van der Waals surface area (Å²) in [6.45, 7) is 3.98. The van der Waals surface area contributed by atoms with Gasteiger partial charge in [-0.25, -0.2) is 0 Å². The quantitative estimate of drug-likeness (QED) is 0.535. The van der Waals surface area contributed by atoms with E-state index in [1.54, 1.807) is 12.1 Å². The van der Waals surface area contributed by atoms with E-state index >= 15 is 0 Å². The lowest BCUT2D eigenvalue weighted by Gasteiger charge is -2.32. The minimum absolute atomic E-state index is 0.166. The molecule has 1 aliphatic rings. The molecule has 0 amide bonds. The normalized spacial score (nSPS) is 18.6. The molecule has 128 valence electrons. The second-order valence-corrected chi connectivity index (χ2v) is 6.32. The third-order valence-electron chi connectivity index (χ3n) is 4.43.